The topological polar surface area (TPSA) is 106 Å². The SMILES string of the molecule is COc1cccc(C2=NOC3(CCC(C(=O)NCc4ccc(NS(C)(=O)=O)c(F)c4)CC3)C2)c1. The molecule has 1 aliphatic carbocycles. The Kier molecular flexibility index (Phi) is 6.79. The molecule has 8 nitrogen and oxygen atoms in total. The molecule has 4 rings (SSSR count). The molecule has 2 aliphatic rings. The zero-order valence-electron chi connectivity index (χ0n) is 19.1. The van der Waals surface area contributed by atoms with Gasteiger partial charge < -0.3 is 14.9 Å². The molecule has 0 bridgehead atoms. The summed E-state index contributed by atoms with van der Waals surface area (Å²) in [7, 11) is -1.94. The third-order valence-electron chi connectivity index (χ3n) is 6.31. The largest absolute Gasteiger partial charge is 0.497 e. The number of carbonyl (C=O) groups excluding carboxylic acids is 1. The van der Waals surface area contributed by atoms with Gasteiger partial charge in [-0.25, -0.2) is 12.8 Å². The molecule has 34 heavy (non-hydrogen) atoms. The molecule has 1 saturated carbocycles. The molecule has 0 radical (unpaired) electrons. The van der Waals surface area contributed by atoms with E-state index in [1.165, 1.54) is 12.1 Å². The van der Waals surface area contributed by atoms with Crippen LogP contribution in [0.4, 0.5) is 10.1 Å². The predicted octanol–water partition coefficient (Wildman–Crippen LogP) is 3.58. The summed E-state index contributed by atoms with van der Waals surface area (Å²) in [6.07, 6.45) is 4.46. The summed E-state index contributed by atoms with van der Waals surface area (Å²) in [6.45, 7) is 0.163. The fourth-order valence-corrected chi connectivity index (χ4v) is 5.00. The number of carbonyl (C=O) groups is 1. The average molecular weight is 490 g/mol. The van der Waals surface area contributed by atoms with E-state index in [0.717, 1.165) is 36.1 Å². The summed E-state index contributed by atoms with van der Waals surface area (Å²) in [4.78, 5) is 18.6. The second-order valence-electron chi connectivity index (χ2n) is 8.90. The molecule has 1 spiro atoms. The molecule has 10 heteroatoms. The van der Waals surface area contributed by atoms with Crippen molar-refractivity contribution in [1.29, 1.82) is 0 Å². The third-order valence-corrected chi connectivity index (χ3v) is 6.90. The normalized spacial score (nSPS) is 22.1. The highest BCUT2D eigenvalue weighted by molar-refractivity contribution is 7.92. The number of methoxy groups -OCH3 is 1. The Labute approximate surface area is 198 Å². The minimum atomic E-state index is -3.57. The lowest BCUT2D eigenvalue weighted by Crippen LogP contribution is -2.39. The summed E-state index contributed by atoms with van der Waals surface area (Å²) < 4.78 is 44.1. The first-order valence-electron chi connectivity index (χ1n) is 11.1. The molecule has 2 aromatic rings. The lowest BCUT2D eigenvalue weighted by atomic mass is 9.76. The molecule has 2 aromatic carbocycles. The van der Waals surface area contributed by atoms with Gasteiger partial charge in [-0.15, -0.1) is 0 Å². The van der Waals surface area contributed by atoms with Gasteiger partial charge in [0.15, 0.2) is 0 Å². The number of halogens is 1. The van der Waals surface area contributed by atoms with E-state index in [4.69, 9.17) is 9.57 Å². The Bertz CT molecular complexity index is 1210. The van der Waals surface area contributed by atoms with Crippen LogP contribution in [0.3, 0.4) is 0 Å². The zero-order chi connectivity index (χ0) is 24.3. The first-order valence-corrected chi connectivity index (χ1v) is 13.0. The van der Waals surface area contributed by atoms with Crippen molar-refractivity contribution in [2.75, 3.05) is 18.1 Å². The quantitative estimate of drug-likeness (QED) is 0.619. The van der Waals surface area contributed by atoms with Crippen LogP contribution in [0.1, 0.15) is 43.2 Å². The lowest BCUT2D eigenvalue weighted by Gasteiger charge is -2.34. The second kappa shape index (κ2) is 9.61. The monoisotopic (exact) mass is 489 g/mol. The fraction of sp³-hybridized carbons (Fsp3) is 0.417. The van der Waals surface area contributed by atoms with Gasteiger partial charge in [-0.3, -0.25) is 9.52 Å². The molecule has 0 aromatic heterocycles. The molecule has 1 aliphatic heterocycles. The van der Waals surface area contributed by atoms with Crippen molar-refractivity contribution >= 4 is 27.3 Å². The molecule has 1 fully saturated rings. The van der Waals surface area contributed by atoms with Gasteiger partial charge in [0.25, 0.3) is 0 Å². The summed E-state index contributed by atoms with van der Waals surface area (Å²) in [6, 6.07) is 11.9. The smallest absolute Gasteiger partial charge is 0.229 e. The Morgan fingerprint density at radius 1 is 1.24 bits per heavy atom. The highest BCUT2D eigenvalue weighted by Gasteiger charge is 2.44. The van der Waals surface area contributed by atoms with Crippen molar-refractivity contribution in [2.24, 2.45) is 11.1 Å². The number of nitrogens with zero attached hydrogens (tertiary/aromatic N) is 1. The van der Waals surface area contributed by atoms with Crippen LogP contribution >= 0.6 is 0 Å². The van der Waals surface area contributed by atoms with Gasteiger partial charge in [-0.2, -0.15) is 0 Å². The number of hydrogen-bond donors (Lipinski definition) is 2. The third kappa shape index (κ3) is 5.67. The van der Waals surface area contributed by atoms with Gasteiger partial charge in [0.2, 0.25) is 15.9 Å². The molecule has 2 N–H and O–H groups in total. The van der Waals surface area contributed by atoms with E-state index in [2.05, 4.69) is 15.2 Å². The van der Waals surface area contributed by atoms with Crippen molar-refractivity contribution in [3.8, 4) is 5.75 Å². The van der Waals surface area contributed by atoms with Crippen molar-refractivity contribution in [3.63, 3.8) is 0 Å². The van der Waals surface area contributed by atoms with Gasteiger partial charge in [0.05, 0.1) is 24.8 Å². The van der Waals surface area contributed by atoms with E-state index >= 15 is 0 Å². The van der Waals surface area contributed by atoms with Crippen LogP contribution in [0.15, 0.2) is 47.6 Å². The number of rotatable bonds is 7. The molecular formula is C24H28FN3O5S. The van der Waals surface area contributed by atoms with E-state index < -0.39 is 15.8 Å². The number of benzene rings is 2. The predicted molar refractivity (Wildman–Crippen MR) is 127 cm³/mol. The van der Waals surface area contributed by atoms with E-state index in [9.17, 15) is 17.6 Å². The summed E-state index contributed by atoms with van der Waals surface area (Å²) in [5.41, 5.74) is 1.91. The number of hydrogen-bond acceptors (Lipinski definition) is 6. The van der Waals surface area contributed by atoms with Crippen molar-refractivity contribution in [3.05, 3.63) is 59.4 Å². The summed E-state index contributed by atoms with van der Waals surface area (Å²) in [5, 5.41) is 7.19. The molecular weight excluding hydrogens is 461 g/mol. The number of amides is 1. The Hall–Kier alpha value is -3.14. The van der Waals surface area contributed by atoms with E-state index in [1.54, 1.807) is 13.2 Å². The number of anilines is 1. The average Bonchev–Trinajstić information content (AvgIpc) is 3.22. The van der Waals surface area contributed by atoms with Gasteiger partial charge in [-0.1, -0.05) is 23.4 Å². The minimum absolute atomic E-state index is 0.0828. The van der Waals surface area contributed by atoms with Crippen LogP contribution < -0.4 is 14.8 Å². The number of nitrogens with one attached hydrogen (secondary N) is 2. The molecule has 0 unspecified atom stereocenters. The highest BCUT2D eigenvalue weighted by atomic mass is 32.2. The molecule has 0 saturated heterocycles. The van der Waals surface area contributed by atoms with E-state index in [-0.39, 0.29) is 29.7 Å². The summed E-state index contributed by atoms with van der Waals surface area (Å²) >= 11 is 0. The minimum Gasteiger partial charge on any atom is -0.497 e. The van der Waals surface area contributed by atoms with Crippen LogP contribution in [0.25, 0.3) is 0 Å². The van der Waals surface area contributed by atoms with Crippen molar-refractivity contribution in [2.45, 2.75) is 44.2 Å². The zero-order valence-corrected chi connectivity index (χ0v) is 20.0. The molecule has 1 amide bonds. The number of sulfonamides is 1. The van der Waals surface area contributed by atoms with Crippen molar-refractivity contribution < 1.29 is 27.2 Å². The van der Waals surface area contributed by atoms with Gasteiger partial charge >= 0.3 is 0 Å². The Balaban J connectivity index is 1.28. The Morgan fingerprint density at radius 2 is 2.00 bits per heavy atom. The second-order valence-corrected chi connectivity index (χ2v) is 10.6. The maximum Gasteiger partial charge on any atom is 0.229 e. The van der Waals surface area contributed by atoms with E-state index in [1.807, 2.05) is 24.3 Å². The number of ether oxygens (including phenoxy) is 1. The molecule has 0 atom stereocenters. The van der Waals surface area contributed by atoms with Crippen LogP contribution in [0, 0.1) is 11.7 Å². The maximum atomic E-state index is 14.2. The Morgan fingerprint density at radius 3 is 2.68 bits per heavy atom. The van der Waals surface area contributed by atoms with Crippen LogP contribution in [0.5, 0.6) is 5.75 Å². The van der Waals surface area contributed by atoms with Crippen LogP contribution in [0.2, 0.25) is 0 Å². The van der Waals surface area contributed by atoms with Crippen LogP contribution in [-0.4, -0.2) is 39.0 Å². The summed E-state index contributed by atoms with van der Waals surface area (Å²) in [5.74, 6) is -0.156. The number of oxime groups is 1. The fourth-order valence-electron chi connectivity index (χ4n) is 4.44. The molecule has 1 heterocycles. The van der Waals surface area contributed by atoms with Crippen LogP contribution in [-0.2, 0) is 26.2 Å². The van der Waals surface area contributed by atoms with Gasteiger partial charge in [0, 0.05) is 24.4 Å². The highest BCUT2D eigenvalue weighted by Crippen LogP contribution is 2.41. The maximum absolute atomic E-state index is 14.2. The molecule has 182 valence electrons. The first-order chi connectivity index (χ1) is 16.2. The van der Waals surface area contributed by atoms with E-state index in [0.29, 0.717) is 24.8 Å². The van der Waals surface area contributed by atoms with Gasteiger partial charge in [0.1, 0.15) is 17.2 Å². The standard InChI is InChI=1S/C24H28FN3O5S/c1-32-19-5-3-4-18(13-19)22-14-24(33-27-22)10-8-17(9-11-24)23(29)26-15-16-6-7-21(20(25)12-16)28-34(2,30)31/h3-7,12-13,17,28H,8-11,14-15H2,1-2H3,(H,26,29). The first kappa shape index (κ1) is 24.0. The van der Waals surface area contributed by atoms with Gasteiger partial charge in [-0.05, 0) is 55.5 Å². The van der Waals surface area contributed by atoms with Crippen molar-refractivity contribution in [1.82, 2.24) is 5.32 Å². The lowest BCUT2D eigenvalue weighted by molar-refractivity contribution is -0.129.